The number of aromatic nitrogens is 2. The first-order valence-electron chi connectivity index (χ1n) is 6.65. The third kappa shape index (κ3) is 3.37. The second-order valence-corrected chi connectivity index (χ2v) is 5.76. The van der Waals surface area contributed by atoms with Crippen LogP contribution in [0.5, 0.6) is 5.75 Å². The first-order valence-corrected chi connectivity index (χ1v) is 7.44. The number of benzene rings is 1. The molecule has 0 bridgehead atoms. The Morgan fingerprint density at radius 2 is 2.30 bits per heavy atom. The summed E-state index contributed by atoms with van der Waals surface area (Å²) < 4.78 is 11.8. The number of hydrogen-bond donors (Lipinski definition) is 1. The Kier molecular flexibility index (Phi) is 4.03. The lowest BCUT2D eigenvalue weighted by molar-refractivity contribution is 0.239. The van der Waals surface area contributed by atoms with Crippen LogP contribution in [-0.2, 0) is 13.2 Å². The van der Waals surface area contributed by atoms with E-state index in [9.17, 15) is 0 Å². The zero-order valence-electron chi connectivity index (χ0n) is 11.2. The van der Waals surface area contributed by atoms with E-state index in [1.165, 1.54) is 12.8 Å². The molecule has 0 spiro atoms. The SMILES string of the molecule is Cc1noc(COc2c(Br)cccc2CNC2CC2)n1. The fourth-order valence-corrected chi connectivity index (χ4v) is 2.45. The van der Waals surface area contributed by atoms with E-state index in [0.29, 0.717) is 17.8 Å². The molecule has 20 heavy (non-hydrogen) atoms. The number of para-hydroxylation sites is 1. The topological polar surface area (TPSA) is 60.2 Å². The molecule has 1 aromatic heterocycles. The Hall–Kier alpha value is -1.40. The Morgan fingerprint density at radius 1 is 1.45 bits per heavy atom. The van der Waals surface area contributed by atoms with Gasteiger partial charge >= 0.3 is 0 Å². The highest BCUT2D eigenvalue weighted by atomic mass is 79.9. The number of nitrogens with zero attached hydrogens (tertiary/aromatic N) is 2. The minimum atomic E-state index is 0.278. The molecule has 2 aromatic rings. The van der Waals surface area contributed by atoms with Gasteiger partial charge in [-0.2, -0.15) is 4.98 Å². The largest absolute Gasteiger partial charge is 0.482 e. The van der Waals surface area contributed by atoms with Crippen LogP contribution in [0.25, 0.3) is 0 Å². The minimum absolute atomic E-state index is 0.278. The molecule has 1 saturated carbocycles. The maximum atomic E-state index is 5.84. The van der Waals surface area contributed by atoms with E-state index in [2.05, 4.69) is 37.5 Å². The molecule has 0 atom stereocenters. The van der Waals surface area contributed by atoms with Crippen molar-refractivity contribution in [2.45, 2.75) is 39.0 Å². The van der Waals surface area contributed by atoms with Crippen LogP contribution in [0.1, 0.15) is 30.1 Å². The highest BCUT2D eigenvalue weighted by Crippen LogP contribution is 2.30. The molecule has 0 unspecified atom stereocenters. The Morgan fingerprint density at radius 3 is 3.00 bits per heavy atom. The van der Waals surface area contributed by atoms with Crippen molar-refractivity contribution in [1.29, 1.82) is 0 Å². The van der Waals surface area contributed by atoms with Crippen LogP contribution < -0.4 is 10.1 Å². The average molecular weight is 338 g/mol. The Labute approximate surface area is 125 Å². The van der Waals surface area contributed by atoms with Crippen LogP contribution in [0.2, 0.25) is 0 Å². The van der Waals surface area contributed by atoms with Gasteiger partial charge in [0, 0.05) is 18.2 Å². The van der Waals surface area contributed by atoms with E-state index in [0.717, 1.165) is 22.3 Å². The van der Waals surface area contributed by atoms with Gasteiger partial charge in [0.05, 0.1) is 4.47 Å². The first-order chi connectivity index (χ1) is 9.72. The van der Waals surface area contributed by atoms with Crippen molar-refractivity contribution in [2.24, 2.45) is 0 Å². The zero-order chi connectivity index (χ0) is 13.9. The van der Waals surface area contributed by atoms with Crippen molar-refractivity contribution in [3.63, 3.8) is 0 Å². The number of ether oxygens (including phenoxy) is 1. The number of hydrogen-bond acceptors (Lipinski definition) is 5. The van der Waals surface area contributed by atoms with Gasteiger partial charge in [-0.15, -0.1) is 0 Å². The molecule has 1 aliphatic rings. The van der Waals surface area contributed by atoms with Gasteiger partial charge in [0.2, 0.25) is 0 Å². The number of rotatable bonds is 6. The average Bonchev–Trinajstić information content (AvgIpc) is 3.17. The summed E-state index contributed by atoms with van der Waals surface area (Å²) in [5.74, 6) is 1.93. The molecule has 0 saturated heterocycles. The van der Waals surface area contributed by atoms with Crippen LogP contribution in [0.4, 0.5) is 0 Å². The summed E-state index contributed by atoms with van der Waals surface area (Å²) in [6.45, 7) is 2.87. The predicted octanol–water partition coefficient (Wildman–Crippen LogP) is 2.97. The van der Waals surface area contributed by atoms with Gasteiger partial charge in [0.1, 0.15) is 5.75 Å². The fourth-order valence-electron chi connectivity index (χ4n) is 1.93. The molecular weight excluding hydrogens is 322 g/mol. The standard InChI is InChI=1S/C14H16BrN3O2/c1-9-17-13(20-18-9)8-19-14-10(3-2-4-12(14)15)7-16-11-5-6-11/h2-4,11,16H,5-8H2,1H3. The minimum Gasteiger partial charge on any atom is -0.482 e. The fraction of sp³-hybridized carbons (Fsp3) is 0.429. The highest BCUT2D eigenvalue weighted by Gasteiger charge is 2.21. The van der Waals surface area contributed by atoms with Crippen LogP contribution >= 0.6 is 15.9 Å². The summed E-state index contributed by atoms with van der Waals surface area (Å²) in [6, 6.07) is 6.71. The van der Waals surface area contributed by atoms with E-state index < -0.39 is 0 Å². The summed E-state index contributed by atoms with van der Waals surface area (Å²) in [5.41, 5.74) is 1.13. The molecule has 6 heteroatoms. The molecule has 1 heterocycles. The lowest BCUT2D eigenvalue weighted by Crippen LogP contribution is -2.16. The van der Waals surface area contributed by atoms with E-state index >= 15 is 0 Å². The third-order valence-corrected chi connectivity index (χ3v) is 3.74. The van der Waals surface area contributed by atoms with E-state index in [-0.39, 0.29) is 6.61 Å². The van der Waals surface area contributed by atoms with Gasteiger partial charge in [-0.05, 0) is 41.8 Å². The van der Waals surface area contributed by atoms with Gasteiger partial charge in [-0.1, -0.05) is 17.3 Å². The van der Waals surface area contributed by atoms with Gasteiger partial charge in [-0.25, -0.2) is 0 Å². The van der Waals surface area contributed by atoms with Crippen LogP contribution in [0.15, 0.2) is 27.2 Å². The summed E-state index contributed by atoms with van der Waals surface area (Å²) in [7, 11) is 0. The Balaban J connectivity index is 1.69. The zero-order valence-corrected chi connectivity index (χ0v) is 12.8. The van der Waals surface area contributed by atoms with Gasteiger partial charge in [-0.3, -0.25) is 0 Å². The van der Waals surface area contributed by atoms with Gasteiger partial charge in [0.25, 0.3) is 5.89 Å². The summed E-state index contributed by atoms with van der Waals surface area (Å²) in [4.78, 5) is 4.14. The molecule has 0 radical (unpaired) electrons. The number of nitrogens with one attached hydrogen (secondary N) is 1. The molecule has 0 amide bonds. The first kappa shape index (κ1) is 13.6. The molecule has 1 N–H and O–H groups in total. The van der Waals surface area contributed by atoms with Gasteiger partial charge in [0.15, 0.2) is 12.4 Å². The van der Waals surface area contributed by atoms with Crippen molar-refractivity contribution in [3.05, 3.63) is 40.0 Å². The summed E-state index contributed by atoms with van der Waals surface area (Å²) in [5, 5.41) is 7.24. The summed E-state index contributed by atoms with van der Waals surface area (Å²) >= 11 is 3.53. The maximum absolute atomic E-state index is 5.84. The molecule has 5 nitrogen and oxygen atoms in total. The molecule has 1 fully saturated rings. The Bertz CT molecular complexity index is 596. The number of halogens is 1. The monoisotopic (exact) mass is 337 g/mol. The normalized spacial score (nSPS) is 14.5. The maximum Gasteiger partial charge on any atom is 0.264 e. The molecule has 106 valence electrons. The molecular formula is C14H16BrN3O2. The molecule has 3 rings (SSSR count). The lowest BCUT2D eigenvalue weighted by Gasteiger charge is -2.12. The van der Waals surface area contributed by atoms with Crippen LogP contribution in [0, 0.1) is 6.92 Å². The van der Waals surface area contributed by atoms with Crippen LogP contribution in [0.3, 0.4) is 0 Å². The van der Waals surface area contributed by atoms with Crippen molar-refractivity contribution >= 4 is 15.9 Å². The second-order valence-electron chi connectivity index (χ2n) is 4.91. The molecule has 1 aromatic carbocycles. The summed E-state index contributed by atoms with van der Waals surface area (Å²) in [6.07, 6.45) is 2.54. The van der Waals surface area contributed by atoms with Crippen molar-refractivity contribution in [1.82, 2.24) is 15.5 Å². The van der Waals surface area contributed by atoms with Crippen LogP contribution in [-0.4, -0.2) is 16.2 Å². The predicted molar refractivity (Wildman–Crippen MR) is 77.4 cm³/mol. The van der Waals surface area contributed by atoms with Crippen molar-refractivity contribution < 1.29 is 9.26 Å². The highest BCUT2D eigenvalue weighted by molar-refractivity contribution is 9.10. The van der Waals surface area contributed by atoms with Gasteiger partial charge < -0.3 is 14.6 Å². The molecule has 1 aliphatic carbocycles. The second kappa shape index (κ2) is 5.93. The van der Waals surface area contributed by atoms with E-state index in [1.807, 2.05) is 12.1 Å². The quantitative estimate of drug-likeness (QED) is 0.877. The lowest BCUT2D eigenvalue weighted by atomic mass is 10.2. The van der Waals surface area contributed by atoms with Crippen molar-refractivity contribution in [2.75, 3.05) is 0 Å². The smallest absolute Gasteiger partial charge is 0.264 e. The van der Waals surface area contributed by atoms with E-state index in [1.54, 1.807) is 6.92 Å². The number of aryl methyl sites for hydroxylation is 1. The van der Waals surface area contributed by atoms with E-state index in [4.69, 9.17) is 9.26 Å². The molecule has 0 aliphatic heterocycles. The van der Waals surface area contributed by atoms with Crippen molar-refractivity contribution in [3.8, 4) is 5.75 Å². The third-order valence-electron chi connectivity index (χ3n) is 3.12.